The fourth-order valence-electron chi connectivity index (χ4n) is 0.535. The van der Waals surface area contributed by atoms with Crippen LogP contribution in [-0.2, 0) is 0 Å². The summed E-state index contributed by atoms with van der Waals surface area (Å²) in [5, 5.41) is 11.3. The number of aliphatic hydroxyl groups is 1. The maximum Gasteiger partial charge on any atom is 0.205 e. The van der Waals surface area contributed by atoms with Gasteiger partial charge in [0.05, 0.1) is 0 Å². The second-order valence-electron chi connectivity index (χ2n) is 1.86. The molecule has 0 amide bonds. The molecule has 1 aliphatic heterocycles. The molecule has 0 aromatic carbocycles. The van der Waals surface area contributed by atoms with Gasteiger partial charge in [0.1, 0.15) is 6.61 Å². The van der Waals surface area contributed by atoms with Crippen molar-refractivity contribution in [1.29, 1.82) is 0 Å². The standard InChI is InChI=1S/C5H9N3O/c6-5(4-9)7-2-1-3-8-5/h1-3,7,9H,4,6H2. The molecule has 0 bridgehead atoms. The SMILES string of the molecule is NC1(CO)N=CC=CN1. The average molecular weight is 127 g/mol. The number of nitrogens with one attached hydrogen (secondary N) is 1. The maximum atomic E-state index is 8.62. The quantitative estimate of drug-likeness (QED) is 0.413. The van der Waals surface area contributed by atoms with Gasteiger partial charge in [0, 0.05) is 12.4 Å². The number of hydrogen-bond donors (Lipinski definition) is 3. The Morgan fingerprint density at radius 2 is 2.56 bits per heavy atom. The molecule has 0 saturated carbocycles. The zero-order valence-corrected chi connectivity index (χ0v) is 4.91. The monoisotopic (exact) mass is 127 g/mol. The molecular formula is C5H9N3O. The van der Waals surface area contributed by atoms with Crippen molar-refractivity contribution in [3.05, 3.63) is 12.3 Å². The van der Waals surface area contributed by atoms with E-state index in [4.69, 9.17) is 10.8 Å². The van der Waals surface area contributed by atoms with Crippen LogP contribution in [0.5, 0.6) is 0 Å². The molecule has 4 N–H and O–H groups in total. The van der Waals surface area contributed by atoms with E-state index in [9.17, 15) is 0 Å². The highest BCUT2D eigenvalue weighted by molar-refractivity contribution is 5.72. The van der Waals surface area contributed by atoms with E-state index in [1.807, 2.05) is 0 Å². The zero-order valence-electron chi connectivity index (χ0n) is 4.91. The molecular weight excluding hydrogens is 118 g/mol. The highest BCUT2D eigenvalue weighted by atomic mass is 16.3. The fourth-order valence-corrected chi connectivity index (χ4v) is 0.535. The fraction of sp³-hybridized carbons (Fsp3) is 0.400. The molecule has 0 aliphatic carbocycles. The molecule has 0 aromatic rings. The van der Waals surface area contributed by atoms with Crippen LogP contribution < -0.4 is 11.1 Å². The first kappa shape index (κ1) is 6.25. The van der Waals surface area contributed by atoms with Crippen molar-refractivity contribution in [2.24, 2.45) is 10.7 Å². The van der Waals surface area contributed by atoms with E-state index in [1.54, 1.807) is 18.5 Å². The van der Waals surface area contributed by atoms with Crippen molar-refractivity contribution in [3.8, 4) is 0 Å². The Morgan fingerprint density at radius 3 is 2.89 bits per heavy atom. The molecule has 9 heavy (non-hydrogen) atoms. The van der Waals surface area contributed by atoms with Crippen LogP contribution in [0, 0.1) is 0 Å². The lowest BCUT2D eigenvalue weighted by Crippen LogP contribution is -2.53. The molecule has 1 unspecified atom stereocenters. The van der Waals surface area contributed by atoms with Crippen molar-refractivity contribution in [1.82, 2.24) is 5.32 Å². The van der Waals surface area contributed by atoms with E-state index in [-0.39, 0.29) is 6.61 Å². The normalized spacial score (nSPS) is 32.2. The molecule has 0 aromatic heterocycles. The molecule has 1 rings (SSSR count). The first-order valence-corrected chi connectivity index (χ1v) is 2.65. The summed E-state index contributed by atoms with van der Waals surface area (Å²) < 4.78 is 0. The molecule has 0 fully saturated rings. The molecule has 4 heteroatoms. The minimum absolute atomic E-state index is 0.201. The van der Waals surface area contributed by atoms with Gasteiger partial charge in [-0.25, -0.2) is 4.99 Å². The third-order valence-corrected chi connectivity index (χ3v) is 1.06. The molecule has 0 saturated heterocycles. The third kappa shape index (κ3) is 1.28. The molecule has 0 spiro atoms. The minimum Gasteiger partial charge on any atom is -0.390 e. The van der Waals surface area contributed by atoms with Crippen molar-refractivity contribution in [2.75, 3.05) is 6.61 Å². The van der Waals surface area contributed by atoms with Crippen LogP contribution in [0.3, 0.4) is 0 Å². The summed E-state index contributed by atoms with van der Waals surface area (Å²) in [6.45, 7) is -0.201. The summed E-state index contributed by atoms with van der Waals surface area (Å²) in [4.78, 5) is 3.78. The summed E-state index contributed by atoms with van der Waals surface area (Å²) >= 11 is 0. The first-order chi connectivity index (χ1) is 4.27. The number of hydrogen-bond acceptors (Lipinski definition) is 4. The van der Waals surface area contributed by atoms with Gasteiger partial charge in [-0.05, 0) is 6.08 Å². The Bertz CT molecular complexity index is 154. The summed E-state index contributed by atoms with van der Waals surface area (Å²) in [5.74, 6) is -0.991. The lowest BCUT2D eigenvalue weighted by molar-refractivity contribution is 0.185. The predicted octanol–water partition coefficient (Wildman–Crippen LogP) is -1.22. The second kappa shape index (κ2) is 2.16. The molecule has 50 valence electrons. The van der Waals surface area contributed by atoms with Gasteiger partial charge >= 0.3 is 0 Å². The van der Waals surface area contributed by atoms with Crippen LogP contribution in [-0.4, -0.2) is 23.7 Å². The molecule has 1 aliphatic rings. The van der Waals surface area contributed by atoms with Crippen molar-refractivity contribution in [2.45, 2.75) is 5.79 Å². The number of aliphatic imine (C=N–C) groups is 1. The van der Waals surface area contributed by atoms with Crippen LogP contribution in [0.1, 0.15) is 0 Å². The number of aliphatic hydroxyl groups excluding tert-OH is 1. The van der Waals surface area contributed by atoms with Gasteiger partial charge in [0.2, 0.25) is 5.79 Å². The topological polar surface area (TPSA) is 70.6 Å². The van der Waals surface area contributed by atoms with Crippen molar-refractivity contribution < 1.29 is 5.11 Å². The van der Waals surface area contributed by atoms with Crippen LogP contribution in [0.15, 0.2) is 17.3 Å². The summed E-state index contributed by atoms with van der Waals surface area (Å²) in [6, 6.07) is 0. The van der Waals surface area contributed by atoms with E-state index in [2.05, 4.69) is 10.3 Å². The van der Waals surface area contributed by atoms with Crippen LogP contribution in [0.2, 0.25) is 0 Å². The van der Waals surface area contributed by atoms with Gasteiger partial charge in [-0.1, -0.05) is 0 Å². The van der Waals surface area contributed by atoms with Gasteiger partial charge in [-0.15, -0.1) is 0 Å². The van der Waals surface area contributed by atoms with Crippen molar-refractivity contribution in [3.63, 3.8) is 0 Å². The van der Waals surface area contributed by atoms with Crippen LogP contribution in [0.25, 0.3) is 0 Å². The molecule has 1 atom stereocenters. The Kier molecular flexibility index (Phi) is 1.50. The number of rotatable bonds is 1. The highest BCUT2D eigenvalue weighted by Crippen LogP contribution is 1.97. The van der Waals surface area contributed by atoms with E-state index in [0.29, 0.717) is 0 Å². The smallest absolute Gasteiger partial charge is 0.205 e. The van der Waals surface area contributed by atoms with E-state index < -0.39 is 5.79 Å². The molecule has 1 heterocycles. The lowest BCUT2D eigenvalue weighted by atomic mass is 10.3. The molecule has 4 nitrogen and oxygen atoms in total. The Morgan fingerprint density at radius 1 is 1.78 bits per heavy atom. The van der Waals surface area contributed by atoms with Gasteiger partial charge in [0.25, 0.3) is 0 Å². The number of nitrogens with two attached hydrogens (primary N) is 1. The van der Waals surface area contributed by atoms with E-state index >= 15 is 0 Å². The van der Waals surface area contributed by atoms with Crippen LogP contribution >= 0.6 is 0 Å². The second-order valence-corrected chi connectivity index (χ2v) is 1.86. The highest BCUT2D eigenvalue weighted by Gasteiger charge is 2.19. The summed E-state index contributed by atoms with van der Waals surface area (Å²) in [5.41, 5.74) is 5.45. The van der Waals surface area contributed by atoms with Gasteiger partial charge in [-0.3, -0.25) is 5.73 Å². The zero-order chi connectivity index (χ0) is 6.74. The average Bonchev–Trinajstić information content (AvgIpc) is 1.90. The Hall–Kier alpha value is -0.870. The van der Waals surface area contributed by atoms with Crippen LogP contribution in [0.4, 0.5) is 0 Å². The number of nitrogens with zero attached hydrogens (tertiary/aromatic N) is 1. The maximum absolute atomic E-state index is 8.62. The predicted molar refractivity (Wildman–Crippen MR) is 34.8 cm³/mol. The van der Waals surface area contributed by atoms with Gasteiger partial charge in [0.15, 0.2) is 0 Å². The van der Waals surface area contributed by atoms with Gasteiger partial charge < -0.3 is 10.4 Å². The third-order valence-electron chi connectivity index (χ3n) is 1.06. The minimum atomic E-state index is -0.991. The summed E-state index contributed by atoms with van der Waals surface area (Å²) in [6.07, 6.45) is 4.90. The summed E-state index contributed by atoms with van der Waals surface area (Å²) in [7, 11) is 0. The Labute approximate surface area is 53.1 Å². The lowest BCUT2D eigenvalue weighted by Gasteiger charge is -2.24. The first-order valence-electron chi connectivity index (χ1n) is 2.65. The van der Waals surface area contributed by atoms with Crippen molar-refractivity contribution >= 4 is 6.21 Å². The van der Waals surface area contributed by atoms with E-state index in [0.717, 1.165) is 0 Å². The Balaban J connectivity index is 2.63. The van der Waals surface area contributed by atoms with E-state index in [1.165, 1.54) is 0 Å². The largest absolute Gasteiger partial charge is 0.390 e. The van der Waals surface area contributed by atoms with Gasteiger partial charge in [-0.2, -0.15) is 0 Å². The number of allylic oxidation sites excluding steroid dienone is 1. The molecule has 0 radical (unpaired) electrons.